The molecule has 4 nitrogen and oxygen atoms in total. The zero-order valence-electron chi connectivity index (χ0n) is 11.1. The first kappa shape index (κ1) is 13.8. The third kappa shape index (κ3) is 3.68. The average molecular weight is 269 g/mol. The zero-order chi connectivity index (χ0) is 14.4. The Labute approximate surface area is 117 Å². The molecule has 20 heavy (non-hydrogen) atoms. The van der Waals surface area contributed by atoms with E-state index in [2.05, 4.69) is 5.16 Å². The van der Waals surface area contributed by atoms with Crippen molar-refractivity contribution in [1.29, 1.82) is 0 Å². The van der Waals surface area contributed by atoms with Crippen LogP contribution in [0.2, 0.25) is 0 Å². The third-order valence-electron chi connectivity index (χ3n) is 2.80. The molecule has 102 valence electrons. The van der Waals surface area contributed by atoms with Gasteiger partial charge in [-0.3, -0.25) is 0 Å². The summed E-state index contributed by atoms with van der Waals surface area (Å²) in [4.78, 5) is 15.0. The van der Waals surface area contributed by atoms with Crippen molar-refractivity contribution in [2.75, 3.05) is 6.61 Å². The van der Waals surface area contributed by atoms with E-state index in [9.17, 15) is 4.79 Å². The maximum absolute atomic E-state index is 10.3. The van der Waals surface area contributed by atoms with E-state index >= 15 is 0 Å². The van der Waals surface area contributed by atoms with Crippen molar-refractivity contribution in [3.63, 3.8) is 0 Å². The molecule has 0 aromatic heterocycles. The second-order valence-electron chi connectivity index (χ2n) is 4.29. The van der Waals surface area contributed by atoms with Crippen molar-refractivity contribution in [2.45, 2.75) is 6.92 Å². The lowest BCUT2D eigenvalue weighted by Gasteiger charge is -2.04. The molecule has 0 radical (unpaired) electrons. The minimum absolute atomic E-state index is 0.431. The van der Waals surface area contributed by atoms with Gasteiger partial charge in [0.15, 0.2) is 0 Å². The van der Waals surface area contributed by atoms with E-state index in [0.717, 1.165) is 16.7 Å². The van der Waals surface area contributed by atoms with E-state index in [0.29, 0.717) is 5.71 Å². The van der Waals surface area contributed by atoms with Crippen LogP contribution in [-0.4, -0.2) is 23.4 Å². The molecule has 0 aliphatic heterocycles. The standard InChI is InChI=1S/C16H15NO3/c1-12(17-20-11-16(18)19)13-7-9-15(10-8-13)14-5-3-2-4-6-14/h2-10H,11H2,1H3,(H,18,19). The van der Waals surface area contributed by atoms with E-state index < -0.39 is 12.6 Å². The number of benzene rings is 2. The Kier molecular flexibility index (Phi) is 4.50. The quantitative estimate of drug-likeness (QED) is 0.670. The number of hydrogen-bond acceptors (Lipinski definition) is 3. The Morgan fingerprint density at radius 2 is 1.65 bits per heavy atom. The van der Waals surface area contributed by atoms with E-state index in [1.54, 1.807) is 6.92 Å². The highest BCUT2D eigenvalue weighted by Crippen LogP contribution is 2.19. The van der Waals surface area contributed by atoms with Gasteiger partial charge in [-0.15, -0.1) is 0 Å². The fourth-order valence-electron chi connectivity index (χ4n) is 1.77. The lowest BCUT2D eigenvalue weighted by molar-refractivity contribution is -0.142. The molecule has 0 saturated carbocycles. The molecular weight excluding hydrogens is 254 g/mol. The number of nitrogens with zero attached hydrogens (tertiary/aromatic N) is 1. The molecule has 0 saturated heterocycles. The van der Waals surface area contributed by atoms with Gasteiger partial charge in [0.05, 0.1) is 5.71 Å². The Balaban J connectivity index is 2.10. The number of carboxylic acids is 1. The number of rotatable bonds is 5. The van der Waals surface area contributed by atoms with E-state index in [1.807, 2.05) is 54.6 Å². The summed E-state index contributed by atoms with van der Waals surface area (Å²) < 4.78 is 0. The van der Waals surface area contributed by atoms with Crippen molar-refractivity contribution >= 4 is 11.7 Å². The number of carboxylic acid groups (broad SMARTS) is 1. The topological polar surface area (TPSA) is 58.9 Å². The van der Waals surface area contributed by atoms with Crippen LogP contribution >= 0.6 is 0 Å². The first-order valence-electron chi connectivity index (χ1n) is 6.21. The normalized spacial score (nSPS) is 11.2. The predicted octanol–water partition coefficient (Wildman–Crippen LogP) is 3.18. The van der Waals surface area contributed by atoms with E-state index in [4.69, 9.17) is 9.94 Å². The Morgan fingerprint density at radius 3 is 2.25 bits per heavy atom. The molecule has 0 atom stereocenters. The molecule has 2 rings (SSSR count). The summed E-state index contributed by atoms with van der Waals surface area (Å²) in [5, 5.41) is 12.2. The molecular formula is C16H15NO3. The van der Waals surface area contributed by atoms with Gasteiger partial charge in [-0.25, -0.2) is 4.79 Å². The Morgan fingerprint density at radius 1 is 1.05 bits per heavy atom. The Hall–Kier alpha value is -2.62. The van der Waals surface area contributed by atoms with Gasteiger partial charge in [0.2, 0.25) is 6.61 Å². The van der Waals surface area contributed by atoms with Crippen LogP contribution in [0.1, 0.15) is 12.5 Å². The molecule has 0 fully saturated rings. The fraction of sp³-hybridized carbons (Fsp3) is 0.125. The minimum Gasteiger partial charge on any atom is -0.479 e. The van der Waals surface area contributed by atoms with Gasteiger partial charge in [0.25, 0.3) is 0 Å². The molecule has 2 aromatic carbocycles. The summed E-state index contributed by atoms with van der Waals surface area (Å²) in [6.45, 7) is 1.35. The van der Waals surface area contributed by atoms with Crippen LogP contribution in [0.3, 0.4) is 0 Å². The van der Waals surface area contributed by atoms with Crippen LogP contribution < -0.4 is 0 Å². The van der Waals surface area contributed by atoms with Gasteiger partial charge in [-0.1, -0.05) is 59.8 Å². The first-order chi connectivity index (χ1) is 9.66. The average Bonchev–Trinajstić information content (AvgIpc) is 2.48. The van der Waals surface area contributed by atoms with Crippen LogP contribution in [0.25, 0.3) is 11.1 Å². The van der Waals surface area contributed by atoms with Crippen LogP contribution in [0.4, 0.5) is 0 Å². The summed E-state index contributed by atoms with van der Waals surface area (Å²) in [7, 11) is 0. The molecule has 1 N–H and O–H groups in total. The highest BCUT2D eigenvalue weighted by atomic mass is 16.6. The van der Waals surface area contributed by atoms with Crippen molar-refractivity contribution in [3.05, 3.63) is 60.2 Å². The first-order valence-corrected chi connectivity index (χ1v) is 6.21. The third-order valence-corrected chi connectivity index (χ3v) is 2.80. The second-order valence-corrected chi connectivity index (χ2v) is 4.29. The van der Waals surface area contributed by atoms with E-state index in [-0.39, 0.29) is 0 Å². The lowest BCUT2D eigenvalue weighted by atomic mass is 10.0. The minimum atomic E-state index is -1.04. The van der Waals surface area contributed by atoms with Crippen molar-refractivity contribution in [3.8, 4) is 11.1 Å². The molecule has 4 heteroatoms. The molecule has 0 spiro atoms. The van der Waals surface area contributed by atoms with Gasteiger partial charge in [-0.05, 0) is 23.6 Å². The molecule has 0 aliphatic carbocycles. The molecule has 0 aliphatic rings. The molecule has 0 heterocycles. The van der Waals surface area contributed by atoms with Crippen LogP contribution in [0.15, 0.2) is 59.8 Å². The molecule has 2 aromatic rings. The van der Waals surface area contributed by atoms with E-state index in [1.165, 1.54) is 0 Å². The van der Waals surface area contributed by atoms with Crippen LogP contribution in [-0.2, 0) is 9.63 Å². The summed E-state index contributed by atoms with van der Waals surface area (Å²) in [6, 6.07) is 17.9. The summed E-state index contributed by atoms with van der Waals surface area (Å²) >= 11 is 0. The molecule has 0 amide bonds. The van der Waals surface area contributed by atoms with Crippen LogP contribution in [0.5, 0.6) is 0 Å². The zero-order valence-corrected chi connectivity index (χ0v) is 11.1. The predicted molar refractivity (Wildman–Crippen MR) is 77.7 cm³/mol. The van der Waals surface area contributed by atoms with Gasteiger partial charge < -0.3 is 9.94 Å². The largest absolute Gasteiger partial charge is 0.479 e. The fourth-order valence-corrected chi connectivity index (χ4v) is 1.77. The number of oxime groups is 1. The monoisotopic (exact) mass is 269 g/mol. The second kappa shape index (κ2) is 6.52. The van der Waals surface area contributed by atoms with Gasteiger partial charge in [0, 0.05) is 0 Å². The van der Waals surface area contributed by atoms with Crippen molar-refractivity contribution in [2.24, 2.45) is 5.16 Å². The smallest absolute Gasteiger partial charge is 0.344 e. The number of hydrogen-bond donors (Lipinski definition) is 1. The summed E-state index contributed by atoms with van der Waals surface area (Å²) in [6.07, 6.45) is 0. The maximum Gasteiger partial charge on any atom is 0.344 e. The van der Waals surface area contributed by atoms with Crippen molar-refractivity contribution < 1.29 is 14.7 Å². The number of aliphatic carboxylic acids is 1. The highest BCUT2D eigenvalue weighted by molar-refractivity contribution is 5.98. The molecule has 0 unspecified atom stereocenters. The van der Waals surface area contributed by atoms with Gasteiger partial charge in [0.1, 0.15) is 0 Å². The molecule has 0 bridgehead atoms. The summed E-state index contributed by atoms with van der Waals surface area (Å²) in [5.74, 6) is -1.04. The van der Waals surface area contributed by atoms with Crippen LogP contribution in [0, 0.1) is 0 Å². The van der Waals surface area contributed by atoms with Crippen molar-refractivity contribution in [1.82, 2.24) is 0 Å². The summed E-state index contributed by atoms with van der Waals surface area (Å²) in [5.41, 5.74) is 3.81. The Bertz CT molecular complexity index is 603. The highest BCUT2D eigenvalue weighted by Gasteiger charge is 2.01. The number of carbonyl (C=O) groups is 1. The van der Waals surface area contributed by atoms with Gasteiger partial charge >= 0.3 is 5.97 Å². The maximum atomic E-state index is 10.3. The van der Waals surface area contributed by atoms with Gasteiger partial charge in [-0.2, -0.15) is 0 Å². The lowest BCUT2D eigenvalue weighted by Crippen LogP contribution is -2.05. The SMILES string of the molecule is CC(=NOCC(=O)O)c1ccc(-c2ccccc2)cc1.